The van der Waals surface area contributed by atoms with E-state index in [1.54, 1.807) is 0 Å². The number of aliphatic hydroxyl groups is 1. The van der Waals surface area contributed by atoms with Gasteiger partial charge in [0.15, 0.2) is 0 Å². The van der Waals surface area contributed by atoms with Gasteiger partial charge in [0.2, 0.25) is 0 Å². The lowest BCUT2D eigenvalue weighted by atomic mass is 9.86. The minimum atomic E-state index is 0.241. The van der Waals surface area contributed by atoms with Crippen molar-refractivity contribution >= 4 is 15.9 Å². The van der Waals surface area contributed by atoms with Gasteiger partial charge in [-0.2, -0.15) is 0 Å². The topological polar surface area (TPSA) is 33.1 Å². The first kappa shape index (κ1) is 9.16. The SMILES string of the molecule is OCC1CCCc2ncc(Br)cc21. The van der Waals surface area contributed by atoms with Crippen molar-refractivity contribution < 1.29 is 5.11 Å². The Hall–Kier alpha value is -0.410. The molecular weight excluding hydrogens is 230 g/mol. The smallest absolute Gasteiger partial charge is 0.0500 e. The van der Waals surface area contributed by atoms with Gasteiger partial charge in [-0.25, -0.2) is 0 Å². The molecule has 1 aromatic rings. The van der Waals surface area contributed by atoms with Crippen LogP contribution < -0.4 is 0 Å². The number of fused-ring (bicyclic) bond motifs is 1. The molecule has 0 radical (unpaired) electrons. The molecule has 13 heavy (non-hydrogen) atoms. The van der Waals surface area contributed by atoms with E-state index in [1.807, 2.05) is 6.20 Å². The number of halogens is 1. The van der Waals surface area contributed by atoms with E-state index < -0.39 is 0 Å². The highest BCUT2D eigenvalue weighted by Gasteiger charge is 2.20. The summed E-state index contributed by atoms with van der Waals surface area (Å²) in [6.45, 7) is 0.241. The van der Waals surface area contributed by atoms with Crippen LogP contribution in [0.25, 0.3) is 0 Å². The van der Waals surface area contributed by atoms with Crippen molar-refractivity contribution in [2.75, 3.05) is 6.61 Å². The molecule has 1 N–H and O–H groups in total. The Morgan fingerprint density at radius 2 is 2.46 bits per heavy atom. The third-order valence-electron chi connectivity index (χ3n) is 2.60. The monoisotopic (exact) mass is 241 g/mol. The lowest BCUT2D eigenvalue weighted by molar-refractivity contribution is 0.252. The molecule has 1 atom stereocenters. The maximum absolute atomic E-state index is 9.19. The average molecular weight is 242 g/mol. The summed E-state index contributed by atoms with van der Waals surface area (Å²) in [6, 6.07) is 2.09. The van der Waals surface area contributed by atoms with E-state index in [0.717, 1.165) is 29.4 Å². The van der Waals surface area contributed by atoms with Crippen molar-refractivity contribution in [3.63, 3.8) is 0 Å². The summed E-state index contributed by atoms with van der Waals surface area (Å²) in [7, 11) is 0. The summed E-state index contributed by atoms with van der Waals surface area (Å²) < 4.78 is 1.01. The number of aryl methyl sites for hydroxylation is 1. The predicted octanol–water partition coefficient (Wildman–Crippen LogP) is 2.26. The van der Waals surface area contributed by atoms with Gasteiger partial charge in [0.25, 0.3) is 0 Å². The van der Waals surface area contributed by atoms with Crippen LogP contribution in [0.4, 0.5) is 0 Å². The molecule has 70 valence electrons. The first-order valence-electron chi connectivity index (χ1n) is 4.56. The van der Waals surface area contributed by atoms with Gasteiger partial charge in [-0.1, -0.05) is 0 Å². The van der Waals surface area contributed by atoms with Crippen LogP contribution in [0.2, 0.25) is 0 Å². The van der Waals surface area contributed by atoms with Crippen LogP contribution in [-0.2, 0) is 6.42 Å². The van der Waals surface area contributed by atoms with Crippen LogP contribution in [0.3, 0.4) is 0 Å². The summed E-state index contributed by atoms with van der Waals surface area (Å²) in [5, 5.41) is 9.19. The zero-order valence-corrected chi connectivity index (χ0v) is 8.92. The van der Waals surface area contributed by atoms with Crippen LogP contribution in [0.1, 0.15) is 30.0 Å². The maximum Gasteiger partial charge on any atom is 0.0500 e. The van der Waals surface area contributed by atoms with Gasteiger partial charge in [0.1, 0.15) is 0 Å². The molecule has 2 nitrogen and oxygen atoms in total. The first-order valence-corrected chi connectivity index (χ1v) is 5.35. The highest BCUT2D eigenvalue weighted by molar-refractivity contribution is 9.10. The molecule has 0 bridgehead atoms. The van der Waals surface area contributed by atoms with Crippen molar-refractivity contribution in [2.45, 2.75) is 25.2 Å². The van der Waals surface area contributed by atoms with E-state index >= 15 is 0 Å². The third-order valence-corrected chi connectivity index (χ3v) is 3.03. The van der Waals surface area contributed by atoms with Gasteiger partial charge in [0.05, 0.1) is 0 Å². The molecule has 1 unspecified atom stereocenters. The average Bonchev–Trinajstić information content (AvgIpc) is 2.17. The maximum atomic E-state index is 9.19. The lowest BCUT2D eigenvalue weighted by Gasteiger charge is -2.22. The number of aliphatic hydroxyl groups excluding tert-OH is 1. The minimum absolute atomic E-state index is 0.241. The number of hydrogen-bond donors (Lipinski definition) is 1. The number of rotatable bonds is 1. The first-order chi connectivity index (χ1) is 6.31. The van der Waals surface area contributed by atoms with Gasteiger partial charge < -0.3 is 5.11 Å². The molecule has 3 heteroatoms. The molecule has 1 aliphatic rings. The minimum Gasteiger partial charge on any atom is -0.396 e. The molecule has 0 aromatic carbocycles. The standard InChI is InChI=1S/C10H12BrNO/c11-8-4-9-7(6-13)2-1-3-10(9)12-5-8/h4-5,7,13H,1-3,6H2. The fourth-order valence-electron chi connectivity index (χ4n) is 1.91. The Morgan fingerprint density at radius 3 is 3.23 bits per heavy atom. The van der Waals surface area contributed by atoms with Gasteiger partial charge in [-0.3, -0.25) is 4.98 Å². The number of nitrogens with zero attached hydrogens (tertiary/aromatic N) is 1. The molecule has 1 heterocycles. The molecular formula is C10H12BrNO. The molecule has 0 aliphatic heterocycles. The number of aromatic nitrogens is 1. The van der Waals surface area contributed by atoms with Gasteiger partial charge in [0, 0.05) is 28.9 Å². The summed E-state index contributed by atoms with van der Waals surface area (Å²) in [6.07, 6.45) is 5.12. The normalized spacial score (nSPS) is 21.2. The Balaban J connectivity index is 2.41. The molecule has 1 aromatic heterocycles. The molecule has 0 amide bonds. The highest BCUT2D eigenvalue weighted by Crippen LogP contribution is 2.31. The summed E-state index contributed by atoms with van der Waals surface area (Å²) >= 11 is 3.40. The Morgan fingerprint density at radius 1 is 1.62 bits per heavy atom. The Kier molecular flexibility index (Phi) is 2.65. The fourth-order valence-corrected chi connectivity index (χ4v) is 2.26. The third kappa shape index (κ3) is 1.76. The highest BCUT2D eigenvalue weighted by atomic mass is 79.9. The van der Waals surface area contributed by atoms with Crippen molar-refractivity contribution in [3.05, 3.63) is 28.0 Å². The van der Waals surface area contributed by atoms with E-state index in [9.17, 15) is 5.11 Å². The van der Waals surface area contributed by atoms with Crippen molar-refractivity contribution in [1.29, 1.82) is 0 Å². The largest absolute Gasteiger partial charge is 0.396 e. The van der Waals surface area contributed by atoms with Crippen molar-refractivity contribution in [3.8, 4) is 0 Å². The van der Waals surface area contributed by atoms with Crippen LogP contribution in [0.5, 0.6) is 0 Å². The van der Waals surface area contributed by atoms with Gasteiger partial charge >= 0.3 is 0 Å². The van der Waals surface area contributed by atoms with Gasteiger partial charge in [-0.05, 0) is 46.8 Å². The fraction of sp³-hybridized carbons (Fsp3) is 0.500. The van der Waals surface area contributed by atoms with E-state index in [4.69, 9.17) is 0 Å². The van der Waals surface area contributed by atoms with Crippen molar-refractivity contribution in [1.82, 2.24) is 4.98 Å². The lowest BCUT2D eigenvalue weighted by Crippen LogP contribution is -2.14. The molecule has 0 saturated carbocycles. The van der Waals surface area contributed by atoms with E-state index in [0.29, 0.717) is 5.92 Å². The van der Waals surface area contributed by atoms with E-state index in [-0.39, 0.29) is 6.61 Å². The summed E-state index contributed by atoms with van der Waals surface area (Å²) in [5.74, 6) is 0.300. The molecule has 1 aliphatic carbocycles. The van der Waals surface area contributed by atoms with E-state index in [1.165, 1.54) is 5.56 Å². The summed E-state index contributed by atoms with van der Waals surface area (Å²) in [4.78, 5) is 4.36. The van der Waals surface area contributed by atoms with Gasteiger partial charge in [-0.15, -0.1) is 0 Å². The summed E-state index contributed by atoms with van der Waals surface area (Å²) in [5.41, 5.74) is 2.39. The molecule has 0 fully saturated rings. The number of pyridine rings is 1. The van der Waals surface area contributed by atoms with E-state index in [2.05, 4.69) is 27.0 Å². The van der Waals surface area contributed by atoms with Crippen molar-refractivity contribution in [2.24, 2.45) is 0 Å². The van der Waals surface area contributed by atoms with Crippen LogP contribution >= 0.6 is 15.9 Å². The van der Waals surface area contributed by atoms with Crippen LogP contribution in [0, 0.1) is 0 Å². The second-order valence-electron chi connectivity index (χ2n) is 3.46. The molecule has 0 saturated heterocycles. The second kappa shape index (κ2) is 3.76. The molecule has 2 rings (SSSR count). The van der Waals surface area contributed by atoms with Crippen LogP contribution in [-0.4, -0.2) is 16.7 Å². The zero-order chi connectivity index (χ0) is 9.26. The zero-order valence-electron chi connectivity index (χ0n) is 7.33. The quantitative estimate of drug-likeness (QED) is 0.819. The predicted molar refractivity (Wildman–Crippen MR) is 54.7 cm³/mol. The second-order valence-corrected chi connectivity index (χ2v) is 4.38. The Bertz CT molecular complexity index is 314. The molecule has 0 spiro atoms. The number of hydrogen-bond acceptors (Lipinski definition) is 2. The van der Waals surface area contributed by atoms with Crippen LogP contribution in [0.15, 0.2) is 16.7 Å². The Labute approximate surface area is 86.1 Å².